The number of pyridine rings is 1. The van der Waals surface area contributed by atoms with Gasteiger partial charge in [-0.15, -0.1) is 0 Å². The zero-order valence-electron chi connectivity index (χ0n) is 10.4. The molecule has 0 saturated heterocycles. The summed E-state index contributed by atoms with van der Waals surface area (Å²) in [5.74, 6) is 0. The normalized spacial score (nSPS) is 9.89. The molecule has 0 aliphatic rings. The predicted octanol–water partition coefficient (Wildman–Crippen LogP) is 3.51. The summed E-state index contributed by atoms with van der Waals surface area (Å²) in [6.45, 7) is 4.17. The number of aryl methyl sites for hydroxylation is 2. The van der Waals surface area contributed by atoms with Gasteiger partial charge >= 0.3 is 0 Å². The average molecular weight is 257 g/mol. The zero-order valence-corrected chi connectivity index (χ0v) is 11.2. The van der Waals surface area contributed by atoms with Crippen LogP contribution in [0.25, 0.3) is 0 Å². The van der Waals surface area contributed by atoms with Crippen LogP contribution in [0.1, 0.15) is 11.1 Å². The maximum absolute atomic E-state index is 5.24. The molecule has 18 heavy (non-hydrogen) atoms. The minimum absolute atomic E-state index is 0.561. The van der Waals surface area contributed by atoms with E-state index in [4.69, 9.17) is 12.2 Å². The Bertz CT molecular complexity index is 552. The Balaban J connectivity index is 2.01. The van der Waals surface area contributed by atoms with E-state index in [0.717, 1.165) is 11.4 Å². The molecule has 0 fully saturated rings. The van der Waals surface area contributed by atoms with Gasteiger partial charge in [0.15, 0.2) is 5.11 Å². The molecule has 0 bridgehead atoms. The predicted molar refractivity (Wildman–Crippen MR) is 80.0 cm³/mol. The van der Waals surface area contributed by atoms with Gasteiger partial charge in [0.1, 0.15) is 0 Å². The smallest absolute Gasteiger partial charge is 0.175 e. The van der Waals surface area contributed by atoms with Crippen molar-refractivity contribution in [3.05, 3.63) is 53.9 Å². The maximum atomic E-state index is 5.24. The van der Waals surface area contributed by atoms with Crippen LogP contribution in [0.3, 0.4) is 0 Å². The lowest BCUT2D eigenvalue weighted by atomic mass is 10.1. The molecule has 2 N–H and O–H groups in total. The minimum Gasteiger partial charge on any atom is -0.332 e. The number of hydrogen-bond acceptors (Lipinski definition) is 2. The topological polar surface area (TPSA) is 37.0 Å². The number of nitrogens with zero attached hydrogens (tertiary/aromatic N) is 1. The van der Waals surface area contributed by atoms with Gasteiger partial charge in [-0.3, -0.25) is 4.98 Å². The third-order valence-corrected chi connectivity index (χ3v) is 2.89. The number of aromatic nitrogens is 1. The first-order valence-corrected chi connectivity index (χ1v) is 6.11. The fourth-order valence-corrected chi connectivity index (χ4v) is 1.79. The molecular formula is C14H15N3S. The van der Waals surface area contributed by atoms with Gasteiger partial charge in [0.05, 0.1) is 11.9 Å². The van der Waals surface area contributed by atoms with Crippen LogP contribution in [0.4, 0.5) is 11.4 Å². The molecule has 0 radical (unpaired) electrons. The van der Waals surface area contributed by atoms with Gasteiger partial charge in [0.25, 0.3) is 0 Å². The monoisotopic (exact) mass is 257 g/mol. The highest BCUT2D eigenvalue weighted by atomic mass is 32.1. The lowest BCUT2D eigenvalue weighted by Crippen LogP contribution is -2.19. The Morgan fingerprint density at radius 1 is 1.06 bits per heavy atom. The van der Waals surface area contributed by atoms with Crippen molar-refractivity contribution >= 4 is 28.7 Å². The van der Waals surface area contributed by atoms with Gasteiger partial charge in [0, 0.05) is 11.9 Å². The lowest BCUT2D eigenvalue weighted by molar-refractivity contribution is 1.33. The van der Waals surface area contributed by atoms with Crippen molar-refractivity contribution in [2.24, 2.45) is 0 Å². The summed E-state index contributed by atoms with van der Waals surface area (Å²) in [5.41, 5.74) is 4.37. The van der Waals surface area contributed by atoms with Crippen molar-refractivity contribution < 1.29 is 0 Å². The van der Waals surface area contributed by atoms with Crippen LogP contribution in [0.15, 0.2) is 42.7 Å². The molecule has 0 aliphatic heterocycles. The van der Waals surface area contributed by atoms with Crippen LogP contribution in [0, 0.1) is 13.8 Å². The van der Waals surface area contributed by atoms with Crippen LogP contribution in [-0.4, -0.2) is 10.1 Å². The largest absolute Gasteiger partial charge is 0.332 e. The number of hydrogen-bond donors (Lipinski definition) is 2. The molecular weight excluding hydrogens is 242 g/mol. The van der Waals surface area contributed by atoms with E-state index < -0.39 is 0 Å². The average Bonchev–Trinajstić information content (AvgIpc) is 2.35. The Labute approximate surface area is 112 Å². The van der Waals surface area contributed by atoms with E-state index in [1.54, 1.807) is 12.4 Å². The van der Waals surface area contributed by atoms with E-state index in [0.29, 0.717) is 5.11 Å². The SMILES string of the molecule is Cc1ccc(NC(=S)Nc2cccnc2)cc1C. The second-order valence-corrected chi connectivity index (χ2v) is 4.53. The van der Waals surface area contributed by atoms with Gasteiger partial charge in [-0.1, -0.05) is 6.07 Å². The van der Waals surface area contributed by atoms with E-state index in [2.05, 4.69) is 41.6 Å². The molecule has 92 valence electrons. The summed E-state index contributed by atoms with van der Waals surface area (Å²) in [4.78, 5) is 4.02. The summed E-state index contributed by atoms with van der Waals surface area (Å²) in [7, 11) is 0. The molecule has 4 heteroatoms. The van der Waals surface area contributed by atoms with E-state index in [1.165, 1.54) is 11.1 Å². The van der Waals surface area contributed by atoms with E-state index in [1.807, 2.05) is 18.2 Å². The molecule has 2 aromatic rings. The molecule has 1 heterocycles. The van der Waals surface area contributed by atoms with Gasteiger partial charge in [-0.05, 0) is 61.5 Å². The second-order valence-electron chi connectivity index (χ2n) is 4.12. The molecule has 1 aromatic heterocycles. The first-order chi connectivity index (χ1) is 8.65. The molecule has 0 spiro atoms. The van der Waals surface area contributed by atoms with E-state index in [9.17, 15) is 0 Å². The van der Waals surface area contributed by atoms with E-state index in [-0.39, 0.29) is 0 Å². The van der Waals surface area contributed by atoms with Crippen LogP contribution in [0.2, 0.25) is 0 Å². The maximum Gasteiger partial charge on any atom is 0.175 e. The van der Waals surface area contributed by atoms with E-state index >= 15 is 0 Å². The highest BCUT2D eigenvalue weighted by Gasteiger charge is 2.00. The van der Waals surface area contributed by atoms with Crippen molar-refractivity contribution in [2.45, 2.75) is 13.8 Å². The lowest BCUT2D eigenvalue weighted by Gasteiger charge is -2.11. The van der Waals surface area contributed by atoms with Crippen LogP contribution in [-0.2, 0) is 0 Å². The summed E-state index contributed by atoms with van der Waals surface area (Å²) < 4.78 is 0. The van der Waals surface area contributed by atoms with Crippen LogP contribution < -0.4 is 10.6 Å². The van der Waals surface area contributed by atoms with Crippen LogP contribution in [0.5, 0.6) is 0 Å². The summed E-state index contributed by atoms with van der Waals surface area (Å²) >= 11 is 5.24. The number of nitrogens with one attached hydrogen (secondary N) is 2. The Kier molecular flexibility index (Phi) is 3.89. The molecule has 3 nitrogen and oxygen atoms in total. The fourth-order valence-electron chi connectivity index (χ4n) is 1.55. The molecule has 0 aliphatic carbocycles. The standard InChI is InChI=1S/C14H15N3S/c1-10-5-6-12(8-11(10)2)16-14(18)17-13-4-3-7-15-9-13/h3-9H,1-2H3,(H2,16,17,18). The van der Waals surface area contributed by atoms with Crippen molar-refractivity contribution in [1.82, 2.24) is 4.98 Å². The Hall–Kier alpha value is -1.94. The summed E-state index contributed by atoms with van der Waals surface area (Å²) in [6, 6.07) is 9.94. The highest BCUT2D eigenvalue weighted by molar-refractivity contribution is 7.80. The number of thiocarbonyl (C=S) groups is 1. The molecule has 0 amide bonds. The molecule has 2 rings (SSSR count). The quantitative estimate of drug-likeness (QED) is 0.807. The van der Waals surface area contributed by atoms with Crippen molar-refractivity contribution in [1.29, 1.82) is 0 Å². The summed E-state index contributed by atoms with van der Waals surface area (Å²) in [6.07, 6.45) is 3.46. The third kappa shape index (κ3) is 3.28. The third-order valence-electron chi connectivity index (χ3n) is 2.68. The summed E-state index contributed by atoms with van der Waals surface area (Å²) in [5, 5.41) is 6.79. The van der Waals surface area contributed by atoms with Gasteiger partial charge in [0.2, 0.25) is 0 Å². The molecule has 1 aromatic carbocycles. The van der Waals surface area contributed by atoms with Crippen molar-refractivity contribution in [2.75, 3.05) is 10.6 Å². The van der Waals surface area contributed by atoms with Crippen molar-refractivity contribution in [3.8, 4) is 0 Å². The van der Waals surface area contributed by atoms with Gasteiger partial charge in [-0.25, -0.2) is 0 Å². The minimum atomic E-state index is 0.561. The fraction of sp³-hybridized carbons (Fsp3) is 0.143. The van der Waals surface area contributed by atoms with Crippen molar-refractivity contribution in [3.63, 3.8) is 0 Å². The second kappa shape index (κ2) is 5.60. The highest BCUT2D eigenvalue weighted by Crippen LogP contribution is 2.14. The number of rotatable bonds is 2. The molecule has 0 unspecified atom stereocenters. The Morgan fingerprint density at radius 3 is 2.50 bits per heavy atom. The first-order valence-electron chi connectivity index (χ1n) is 5.70. The van der Waals surface area contributed by atoms with Gasteiger partial charge in [-0.2, -0.15) is 0 Å². The molecule has 0 atom stereocenters. The Morgan fingerprint density at radius 2 is 1.83 bits per heavy atom. The molecule has 0 saturated carbocycles. The van der Waals surface area contributed by atoms with Crippen LogP contribution >= 0.6 is 12.2 Å². The number of benzene rings is 1. The number of anilines is 2. The first kappa shape index (κ1) is 12.5. The zero-order chi connectivity index (χ0) is 13.0. The van der Waals surface area contributed by atoms with Gasteiger partial charge < -0.3 is 10.6 Å².